The van der Waals surface area contributed by atoms with Crippen LogP contribution in [0.3, 0.4) is 0 Å². The van der Waals surface area contributed by atoms with Gasteiger partial charge in [-0.25, -0.2) is 0 Å². The van der Waals surface area contributed by atoms with Crippen molar-refractivity contribution in [2.45, 2.75) is 19.4 Å². The topological polar surface area (TPSA) is 72.2 Å². The first-order valence-corrected chi connectivity index (χ1v) is 10.8. The van der Waals surface area contributed by atoms with Crippen LogP contribution in [-0.4, -0.2) is 56.6 Å². The van der Waals surface area contributed by atoms with Crippen LogP contribution in [0.2, 0.25) is 0 Å². The van der Waals surface area contributed by atoms with Crippen molar-refractivity contribution in [2.24, 2.45) is 0 Å². The fraction of sp³-hybridized carbons (Fsp3) is 0.360. The van der Waals surface area contributed by atoms with E-state index < -0.39 is 6.04 Å². The number of methoxy groups -OCH3 is 1. The first-order chi connectivity index (χ1) is 15.5. The number of amides is 1. The Kier molecular flexibility index (Phi) is 6.19. The van der Waals surface area contributed by atoms with Crippen molar-refractivity contribution in [1.29, 1.82) is 0 Å². The fourth-order valence-corrected chi connectivity index (χ4v) is 4.04. The van der Waals surface area contributed by atoms with Gasteiger partial charge in [-0.2, -0.15) is 0 Å². The number of fused-ring (bicyclic) bond motifs is 2. The standard InChI is InChI=1S/C25H28N2O5/c1-5-14-31-19-11-10-16(15-20(19)30-4)22-21-23(28)17-8-6-7-9-18(17)32-24(21)25(29)27(22)13-12-26(2)3/h6-11,15,22H,5,12-14H2,1-4H3/t22-/m1/s1. The highest BCUT2D eigenvalue weighted by Gasteiger charge is 2.42. The summed E-state index contributed by atoms with van der Waals surface area (Å²) in [5, 5.41) is 0.466. The van der Waals surface area contributed by atoms with Gasteiger partial charge in [-0.05, 0) is 50.3 Å². The van der Waals surface area contributed by atoms with E-state index >= 15 is 0 Å². The second-order valence-corrected chi connectivity index (χ2v) is 8.13. The average molecular weight is 437 g/mol. The fourth-order valence-electron chi connectivity index (χ4n) is 4.04. The second kappa shape index (κ2) is 9.04. The molecule has 0 fully saturated rings. The summed E-state index contributed by atoms with van der Waals surface area (Å²) in [6.45, 7) is 3.71. The molecule has 32 heavy (non-hydrogen) atoms. The molecular weight excluding hydrogens is 408 g/mol. The third kappa shape index (κ3) is 3.84. The Balaban J connectivity index is 1.87. The van der Waals surface area contributed by atoms with Crippen molar-refractivity contribution in [2.75, 3.05) is 40.9 Å². The van der Waals surface area contributed by atoms with E-state index in [0.717, 1.165) is 12.0 Å². The van der Waals surface area contributed by atoms with Gasteiger partial charge in [-0.15, -0.1) is 0 Å². The molecule has 0 saturated carbocycles. The molecule has 0 spiro atoms. The van der Waals surface area contributed by atoms with E-state index in [0.29, 0.717) is 47.7 Å². The van der Waals surface area contributed by atoms with Crippen molar-refractivity contribution in [3.63, 3.8) is 0 Å². The molecule has 0 N–H and O–H groups in total. The lowest BCUT2D eigenvalue weighted by Gasteiger charge is -2.27. The van der Waals surface area contributed by atoms with Gasteiger partial charge in [0.15, 0.2) is 16.9 Å². The van der Waals surface area contributed by atoms with Crippen molar-refractivity contribution in [1.82, 2.24) is 9.80 Å². The maximum absolute atomic E-state index is 13.5. The van der Waals surface area contributed by atoms with Crippen LogP contribution in [0.4, 0.5) is 0 Å². The van der Waals surface area contributed by atoms with E-state index in [4.69, 9.17) is 13.9 Å². The van der Waals surface area contributed by atoms with Crippen LogP contribution in [-0.2, 0) is 0 Å². The number of carbonyl (C=O) groups excluding carboxylic acids is 1. The number of rotatable bonds is 8. The van der Waals surface area contributed by atoms with Crippen LogP contribution in [0.5, 0.6) is 11.5 Å². The van der Waals surface area contributed by atoms with Gasteiger partial charge in [0.25, 0.3) is 5.91 Å². The minimum atomic E-state index is -0.563. The Labute approximate surface area is 187 Å². The Hall–Kier alpha value is -3.32. The number of hydrogen-bond donors (Lipinski definition) is 0. The summed E-state index contributed by atoms with van der Waals surface area (Å²) in [5.74, 6) is 1.03. The summed E-state index contributed by atoms with van der Waals surface area (Å²) in [6, 6.07) is 12.0. The molecule has 7 heteroatoms. The molecule has 1 aliphatic rings. The lowest BCUT2D eigenvalue weighted by Crippen LogP contribution is -2.35. The summed E-state index contributed by atoms with van der Waals surface area (Å²) in [5.41, 5.74) is 1.38. The van der Waals surface area contributed by atoms with Crippen LogP contribution in [0, 0.1) is 0 Å². The molecule has 1 aliphatic heterocycles. The van der Waals surface area contributed by atoms with Gasteiger partial charge in [0.2, 0.25) is 5.76 Å². The van der Waals surface area contributed by atoms with E-state index in [-0.39, 0.29) is 17.1 Å². The Morgan fingerprint density at radius 3 is 2.59 bits per heavy atom. The summed E-state index contributed by atoms with van der Waals surface area (Å²) < 4.78 is 17.3. The number of para-hydroxylation sites is 1. The van der Waals surface area contributed by atoms with Crippen molar-refractivity contribution < 1.29 is 18.7 Å². The van der Waals surface area contributed by atoms with E-state index in [1.807, 2.05) is 44.1 Å². The molecule has 0 aliphatic carbocycles. The third-order valence-corrected chi connectivity index (χ3v) is 5.63. The first-order valence-electron chi connectivity index (χ1n) is 10.8. The van der Waals surface area contributed by atoms with E-state index in [2.05, 4.69) is 0 Å². The van der Waals surface area contributed by atoms with Crippen molar-refractivity contribution >= 4 is 16.9 Å². The number of carbonyl (C=O) groups is 1. The largest absolute Gasteiger partial charge is 0.493 e. The molecule has 0 bridgehead atoms. The summed E-state index contributed by atoms with van der Waals surface area (Å²) in [7, 11) is 5.48. The zero-order valence-electron chi connectivity index (χ0n) is 18.9. The minimum absolute atomic E-state index is 0.114. The van der Waals surface area contributed by atoms with Crippen molar-refractivity contribution in [3.05, 3.63) is 69.6 Å². The Morgan fingerprint density at radius 1 is 1.09 bits per heavy atom. The Morgan fingerprint density at radius 2 is 1.88 bits per heavy atom. The number of likely N-dealkylation sites (N-methyl/N-ethyl adjacent to an activating group) is 1. The molecule has 3 aromatic rings. The first kappa shape index (κ1) is 21.9. The van der Waals surface area contributed by atoms with E-state index in [1.54, 1.807) is 36.3 Å². The molecule has 2 aromatic carbocycles. The highest BCUT2D eigenvalue weighted by Crippen LogP contribution is 2.40. The summed E-state index contributed by atoms with van der Waals surface area (Å²) in [4.78, 5) is 30.6. The highest BCUT2D eigenvalue weighted by atomic mass is 16.5. The number of hydrogen-bond acceptors (Lipinski definition) is 6. The van der Waals surface area contributed by atoms with Crippen LogP contribution >= 0.6 is 0 Å². The van der Waals surface area contributed by atoms with Crippen LogP contribution in [0.1, 0.15) is 41.1 Å². The van der Waals surface area contributed by atoms with Gasteiger partial charge in [0.05, 0.1) is 30.7 Å². The molecule has 168 valence electrons. The van der Waals surface area contributed by atoms with Crippen LogP contribution in [0.25, 0.3) is 11.0 Å². The predicted molar refractivity (Wildman–Crippen MR) is 123 cm³/mol. The molecule has 0 radical (unpaired) electrons. The second-order valence-electron chi connectivity index (χ2n) is 8.13. The lowest BCUT2D eigenvalue weighted by molar-refractivity contribution is 0.0716. The molecular formula is C25H28N2O5. The predicted octanol–water partition coefficient (Wildman–Crippen LogP) is 3.70. The molecule has 2 heterocycles. The minimum Gasteiger partial charge on any atom is -0.493 e. The lowest BCUT2D eigenvalue weighted by atomic mass is 9.98. The number of ether oxygens (including phenoxy) is 2. The van der Waals surface area contributed by atoms with Gasteiger partial charge in [-0.1, -0.05) is 25.1 Å². The molecule has 7 nitrogen and oxygen atoms in total. The van der Waals surface area contributed by atoms with Crippen LogP contribution < -0.4 is 14.9 Å². The SMILES string of the molecule is CCCOc1ccc([C@@H]2c3c(oc4ccccc4c3=O)C(=O)N2CCN(C)C)cc1OC. The third-order valence-electron chi connectivity index (χ3n) is 5.63. The molecule has 0 unspecified atom stereocenters. The average Bonchev–Trinajstić information content (AvgIpc) is 3.08. The molecule has 4 rings (SSSR count). The van der Waals surface area contributed by atoms with Gasteiger partial charge < -0.3 is 23.7 Å². The molecule has 1 atom stereocenters. The van der Waals surface area contributed by atoms with Gasteiger partial charge in [0.1, 0.15) is 5.58 Å². The highest BCUT2D eigenvalue weighted by molar-refractivity contribution is 5.99. The van der Waals surface area contributed by atoms with Gasteiger partial charge in [-0.3, -0.25) is 9.59 Å². The van der Waals surface area contributed by atoms with Gasteiger partial charge >= 0.3 is 0 Å². The zero-order valence-corrected chi connectivity index (χ0v) is 18.9. The quantitative estimate of drug-likeness (QED) is 0.536. The smallest absolute Gasteiger partial charge is 0.290 e. The normalized spacial score (nSPS) is 15.5. The van der Waals surface area contributed by atoms with Gasteiger partial charge in [0, 0.05) is 13.1 Å². The Bertz CT molecular complexity index is 1200. The number of nitrogens with zero attached hydrogens (tertiary/aromatic N) is 2. The maximum Gasteiger partial charge on any atom is 0.290 e. The van der Waals surface area contributed by atoms with E-state index in [1.165, 1.54) is 0 Å². The summed E-state index contributed by atoms with van der Waals surface area (Å²) >= 11 is 0. The van der Waals surface area contributed by atoms with Crippen LogP contribution in [0.15, 0.2) is 51.7 Å². The molecule has 0 saturated heterocycles. The zero-order chi connectivity index (χ0) is 22.8. The monoisotopic (exact) mass is 436 g/mol. The molecule has 1 amide bonds. The van der Waals surface area contributed by atoms with Crippen molar-refractivity contribution in [3.8, 4) is 11.5 Å². The van der Waals surface area contributed by atoms with E-state index in [9.17, 15) is 9.59 Å². The molecule has 1 aromatic heterocycles. The summed E-state index contributed by atoms with van der Waals surface area (Å²) in [6.07, 6.45) is 0.877. The maximum atomic E-state index is 13.5. The number of benzene rings is 2.